The van der Waals surface area contributed by atoms with Gasteiger partial charge in [0, 0.05) is 43.4 Å². The van der Waals surface area contributed by atoms with Gasteiger partial charge in [0.25, 0.3) is 0 Å². The van der Waals surface area contributed by atoms with Crippen LogP contribution in [0.25, 0.3) is 5.69 Å². The van der Waals surface area contributed by atoms with E-state index in [9.17, 15) is 4.79 Å². The Kier molecular flexibility index (Phi) is 4.60. The van der Waals surface area contributed by atoms with E-state index < -0.39 is 5.54 Å². The van der Waals surface area contributed by atoms with E-state index in [1.54, 1.807) is 0 Å². The molecule has 2 fully saturated rings. The average molecular weight is 386 g/mol. The molecule has 2 aliphatic heterocycles. The van der Waals surface area contributed by atoms with E-state index in [1.807, 2.05) is 30.3 Å². The Bertz CT molecular complexity index is 958. The van der Waals surface area contributed by atoms with Gasteiger partial charge in [-0.25, -0.2) is 0 Å². The lowest BCUT2D eigenvalue weighted by molar-refractivity contribution is -0.125. The van der Waals surface area contributed by atoms with Crippen LogP contribution in [0.3, 0.4) is 0 Å². The molecule has 0 radical (unpaired) electrons. The van der Waals surface area contributed by atoms with Crippen molar-refractivity contribution in [3.8, 4) is 5.69 Å². The largest absolute Gasteiger partial charge is 0.339 e. The van der Waals surface area contributed by atoms with Gasteiger partial charge in [-0.3, -0.25) is 9.69 Å². The smallest absolute Gasteiger partial charge is 0.247 e. The normalized spacial score (nSPS) is 18.9. The van der Waals surface area contributed by atoms with Crippen LogP contribution in [0.2, 0.25) is 0 Å². The first-order valence-corrected chi connectivity index (χ1v) is 10.3. The zero-order valence-corrected chi connectivity index (χ0v) is 16.5. The number of hydrogen-bond acceptors (Lipinski definition) is 3. The number of para-hydroxylation sites is 1. The van der Waals surface area contributed by atoms with Crippen molar-refractivity contribution in [2.75, 3.05) is 24.7 Å². The second-order valence-corrected chi connectivity index (χ2v) is 7.99. The average Bonchev–Trinajstić information content (AvgIpc) is 3.41. The molecule has 2 saturated heterocycles. The number of nitrogens with one attached hydrogen (secondary N) is 1. The predicted octanol–water partition coefficient (Wildman–Crippen LogP) is 3.41. The summed E-state index contributed by atoms with van der Waals surface area (Å²) in [5, 5.41) is 3.08. The van der Waals surface area contributed by atoms with Crippen LogP contribution in [0.5, 0.6) is 0 Å². The van der Waals surface area contributed by atoms with Gasteiger partial charge < -0.3 is 14.8 Å². The standard InChI is InChI=1S/C24H26N4O/c29-23-24(28(19-25-23)22-6-2-1-3-7-22)12-16-26(17-13-24)18-20-8-10-21(11-9-20)27-14-4-5-15-27/h1-11,14-15H,12-13,16-19H2,(H,25,29). The van der Waals surface area contributed by atoms with Gasteiger partial charge in [0.1, 0.15) is 5.54 Å². The minimum absolute atomic E-state index is 0.178. The SMILES string of the molecule is O=C1NCN(c2ccccc2)C12CCN(Cc1ccc(-n3cccc3)cc1)CC2. The van der Waals surface area contributed by atoms with Crippen LogP contribution < -0.4 is 10.2 Å². The Morgan fingerprint density at radius 2 is 1.52 bits per heavy atom. The number of carbonyl (C=O) groups excluding carboxylic acids is 1. The van der Waals surface area contributed by atoms with Crippen molar-refractivity contribution >= 4 is 11.6 Å². The maximum absolute atomic E-state index is 12.8. The molecule has 1 aromatic heterocycles. The highest BCUT2D eigenvalue weighted by atomic mass is 16.2. The molecule has 3 heterocycles. The third-order valence-electron chi connectivity index (χ3n) is 6.33. The van der Waals surface area contributed by atoms with E-state index in [1.165, 1.54) is 11.3 Å². The molecule has 1 N–H and O–H groups in total. The van der Waals surface area contributed by atoms with Crippen molar-refractivity contribution in [3.63, 3.8) is 0 Å². The molecule has 3 aromatic rings. The lowest BCUT2D eigenvalue weighted by Gasteiger charge is -2.43. The van der Waals surface area contributed by atoms with Crippen molar-refractivity contribution in [3.05, 3.63) is 84.7 Å². The van der Waals surface area contributed by atoms with E-state index in [0.717, 1.165) is 38.2 Å². The summed E-state index contributed by atoms with van der Waals surface area (Å²) in [7, 11) is 0. The van der Waals surface area contributed by atoms with E-state index >= 15 is 0 Å². The molecule has 2 aliphatic rings. The molecular formula is C24H26N4O. The van der Waals surface area contributed by atoms with Gasteiger partial charge >= 0.3 is 0 Å². The Morgan fingerprint density at radius 1 is 0.828 bits per heavy atom. The summed E-state index contributed by atoms with van der Waals surface area (Å²) in [5.41, 5.74) is 3.21. The Hall–Kier alpha value is -3.05. The summed E-state index contributed by atoms with van der Waals surface area (Å²) in [6.45, 7) is 3.38. The van der Waals surface area contributed by atoms with Crippen molar-refractivity contribution in [2.24, 2.45) is 0 Å². The summed E-state index contributed by atoms with van der Waals surface area (Å²) in [5.74, 6) is 0.178. The minimum atomic E-state index is -0.407. The van der Waals surface area contributed by atoms with Gasteiger partial charge in [-0.1, -0.05) is 30.3 Å². The number of hydrogen-bond donors (Lipinski definition) is 1. The molecule has 5 heteroatoms. The second kappa shape index (κ2) is 7.41. The van der Waals surface area contributed by atoms with Gasteiger partial charge in [0.05, 0.1) is 6.67 Å². The highest BCUT2D eigenvalue weighted by Crippen LogP contribution is 2.36. The third kappa shape index (κ3) is 3.32. The van der Waals surface area contributed by atoms with Crippen molar-refractivity contribution in [1.29, 1.82) is 0 Å². The first-order valence-electron chi connectivity index (χ1n) is 10.3. The van der Waals surface area contributed by atoms with Crippen LogP contribution in [0.1, 0.15) is 18.4 Å². The van der Waals surface area contributed by atoms with Crippen molar-refractivity contribution in [2.45, 2.75) is 24.9 Å². The van der Waals surface area contributed by atoms with Gasteiger partial charge in [-0.05, 0) is 54.8 Å². The predicted molar refractivity (Wildman–Crippen MR) is 115 cm³/mol. The number of piperidine rings is 1. The highest BCUT2D eigenvalue weighted by molar-refractivity contribution is 5.93. The lowest BCUT2D eigenvalue weighted by Crippen LogP contribution is -2.56. The monoisotopic (exact) mass is 386 g/mol. The molecule has 1 spiro atoms. The van der Waals surface area contributed by atoms with Crippen LogP contribution in [0, 0.1) is 0 Å². The maximum Gasteiger partial charge on any atom is 0.247 e. The Labute approximate surface area is 171 Å². The van der Waals surface area contributed by atoms with E-state index in [-0.39, 0.29) is 5.91 Å². The summed E-state index contributed by atoms with van der Waals surface area (Å²) >= 11 is 0. The van der Waals surface area contributed by atoms with E-state index in [0.29, 0.717) is 6.67 Å². The Morgan fingerprint density at radius 3 is 2.21 bits per heavy atom. The summed E-state index contributed by atoms with van der Waals surface area (Å²) in [6.07, 6.45) is 5.83. The fraction of sp³-hybridized carbons (Fsp3) is 0.292. The number of carbonyl (C=O) groups is 1. The summed E-state index contributed by atoms with van der Waals surface area (Å²) in [6, 6.07) is 23.1. The van der Waals surface area contributed by atoms with Gasteiger partial charge in [-0.2, -0.15) is 0 Å². The molecule has 0 saturated carbocycles. The molecule has 0 atom stereocenters. The molecule has 2 aromatic carbocycles. The van der Waals surface area contributed by atoms with Crippen LogP contribution in [0.4, 0.5) is 5.69 Å². The maximum atomic E-state index is 12.8. The first kappa shape index (κ1) is 18.0. The Balaban J connectivity index is 1.26. The molecule has 29 heavy (non-hydrogen) atoms. The summed E-state index contributed by atoms with van der Waals surface area (Å²) in [4.78, 5) is 17.5. The lowest BCUT2D eigenvalue weighted by atomic mass is 9.85. The van der Waals surface area contributed by atoms with Crippen LogP contribution in [-0.4, -0.2) is 40.7 Å². The zero-order valence-electron chi connectivity index (χ0n) is 16.5. The van der Waals surface area contributed by atoms with Crippen molar-refractivity contribution < 1.29 is 4.79 Å². The van der Waals surface area contributed by atoms with Crippen LogP contribution in [0.15, 0.2) is 79.1 Å². The minimum Gasteiger partial charge on any atom is -0.339 e. The van der Waals surface area contributed by atoms with Gasteiger partial charge in [0.15, 0.2) is 0 Å². The van der Waals surface area contributed by atoms with Gasteiger partial charge in [0.2, 0.25) is 5.91 Å². The number of rotatable bonds is 4. The number of anilines is 1. The van der Waals surface area contributed by atoms with Gasteiger partial charge in [-0.15, -0.1) is 0 Å². The number of likely N-dealkylation sites (tertiary alicyclic amines) is 1. The molecule has 0 aliphatic carbocycles. The number of benzene rings is 2. The zero-order chi connectivity index (χ0) is 19.7. The number of nitrogens with zero attached hydrogens (tertiary/aromatic N) is 3. The summed E-state index contributed by atoms with van der Waals surface area (Å²) < 4.78 is 2.12. The molecule has 0 unspecified atom stereocenters. The third-order valence-corrected chi connectivity index (χ3v) is 6.33. The molecule has 148 valence electrons. The molecule has 0 bridgehead atoms. The molecular weight excluding hydrogens is 360 g/mol. The van der Waals surface area contributed by atoms with Crippen LogP contribution in [-0.2, 0) is 11.3 Å². The number of amides is 1. The van der Waals surface area contributed by atoms with Crippen LogP contribution >= 0.6 is 0 Å². The molecule has 5 nitrogen and oxygen atoms in total. The second-order valence-electron chi connectivity index (χ2n) is 7.99. The topological polar surface area (TPSA) is 40.5 Å². The quantitative estimate of drug-likeness (QED) is 0.747. The highest BCUT2D eigenvalue weighted by Gasteiger charge is 2.50. The van der Waals surface area contributed by atoms with E-state index in [4.69, 9.17) is 0 Å². The molecule has 1 amide bonds. The molecule has 5 rings (SSSR count). The number of aromatic nitrogens is 1. The first-order chi connectivity index (χ1) is 14.2. The fourth-order valence-corrected chi connectivity index (χ4v) is 4.65. The fourth-order valence-electron chi connectivity index (χ4n) is 4.65. The van der Waals surface area contributed by atoms with Crippen molar-refractivity contribution in [1.82, 2.24) is 14.8 Å². The van der Waals surface area contributed by atoms with E-state index in [2.05, 4.69) is 68.5 Å².